The van der Waals surface area contributed by atoms with Crippen molar-refractivity contribution in [3.8, 4) is 0 Å². The van der Waals surface area contributed by atoms with Gasteiger partial charge in [0.1, 0.15) is 12.2 Å². The fourth-order valence-corrected chi connectivity index (χ4v) is 2.33. The van der Waals surface area contributed by atoms with Gasteiger partial charge in [-0.15, -0.1) is 0 Å². The van der Waals surface area contributed by atoms with Gasteiger partial charge in [-0.05, 0) is 18.9 Å². The van der Waals surface area contributed by atoms with Crippen LogP contribution in [0.4, 0.5) is 0 Å². The lowest BCUT2D eigenvalue weighted by molar-refractivity contribution is 0.354. The maximum atomic E-state index is 5.39. The summed E-state index contributed by atoms with van der Waals surface area (Å²) in [6, 6.07) is 8.52. The van der Waals surface area contributed by atoms with E-state index in [4.69, 9.17) is 4.52 Å². The molecule has 0 aliphatic rings. The molecule has 0 bridgehead atoms. The maximum absolute atomic E-state index is 5.39. The maximum Gasteiger partial charge on any atom is 0.229 e. The van der Waals surface area contributed by atoms with Gasteiger partial charge in [-0.2, -0.15) is 10.1 Å². The average Bonchev–Trinajstić information content (AvgIpc) is 3.12. The average molecular weight is 297 g/mol. The minimum atomic E-state index is 0.184. The van der Waals surface area contributed by atoms with Crippen LogP contribution < -0.4 is 0 Å². The molecule has 0 amide bonds. The first-order valence-electron chi connectivity index (χ1n) is 7.32. The largest absolute Gasteiger partial charge is 0.339 e. The van der Waals surface area contributed by atoms with Crippen LogP contribution in [-0.2, 0) is 19.9 Å². The first kappa shape index (κ1) is 14.4. The van der Waals surface area contributed by atoms with Gasteiger partial charge in [0.15, 0.2) is 5.82 Å². The summed E-state index contributed by atoms with van der Waals surface area (Å²) in [5.74, 6) is 2.31. The third kappa shape index (κ3) is 3.21. The van der Waals surface area contributed by atoms with E-state index in [1.54, 1.807) is 4.68 Å². The first-order valence-corrected chi connectivity index (χ1v) is 7.32. The number of hydrogen-bond acceptors (Lipinski definition) is 5. The normalized spacial score (nSPS) is 12.5. The molecule has 1 unspecified atom stereocenters. The van der Waals surface area contributed by atoms with Gasteiger partial charge < -0.3 is 4.52 Å². The van der Waals surface area contributed by atoms with Crippen molar-refractivity contribution < 1.29 is 4.52 Å². The molecule has 114 valence electrons. The molecule has 2 heterocycles. The van der Waals surface area contributed by atoms with Crippen molar-refractivity contribution in [2.24, 2.45) is 7.05 Å². The SMILES string of the molecule is Cc1ccc(CC(C)c2nc(Cc3ncnn3C)no2)cc1. The second-order valence-corrected chi connectivity index (χ2v) is 5.62. The second-order valence-electron chi connectivity index (χ2n) is 5.62. The van der Waals surface area contributed by atoms with Crippen LogP contribution >= 0.6 is 0 Å². The van der Waals surface area contributed by atoms with Crippen LogP contribution in [-0.4, -0.2) is 24.9 Å². The Morgan fingerprint density at radius 3 is 2.68 bits per heavy atom. The number of rotatable bonds is 5. The Hall–Kier alpha value is -2.50. The molecule has 6 heteroatoms. The molecule has 0 fully saturated rings. The van der Waals surface area contributed by atoms with Crippen LogP contribution in [0.2, 0.25) is 0 Å². The zero-order valence-corrected chi connectivity index (χ0v) is 13.0. The van der Waals surface area contributed by atoms with E-state index in [0.717, 1.165) is 12.2 Å². The number of aromatic nitrogens is 5. The minimum absolute atomic E-state index is 0.184. The quantitative estimate of drug-likeness (QED) is 0.723. The summed E-state index contributed by atoms with van der Waals surface area (Å²) >= 11 is 0. The smallest absolute Gasteiger partial charge is 0.229 e. The van der Waals surface area contributed by atoms with Crippen LogP contribution in [0.5, 0.6) is 0 Å². The molecule has 6 nitrogen and oxygen atoms in total. The van der Waals surface area contributed by atoms with E-state index in [-0.39, 0.29) is 5.92 Å². The van der Waals surface area contributed by atoms with Crippen LogP contribution in [0.15, 0.2) is 35.1 Å². The summed E-state index contributed by atoms with van der Waals surface area (Å²) in [6.45, 7) is 4.18. The zero-order chi connectivity index (χ0) is 15.5. The van der Waals surface area contributed by atoms with Gasteiger partial charge in [-0.3, -0.25) is 4.68 Å². The molecule has 0 aliphatic heterocycles. The fourth-order valence-electron chi connectivity index (χ4n) is 2.33. The summed E-state index contributed by atoms with van der Waals surface area (Å²) in [5.41, 5.74) is 2.53. The van der Waals surface area contributed by atoms with Crippen LogP contribution in [0, 0.1) is 6.92 Å². The number of nitrogens with zero attached hydrogens (tertiary/aromatic N) is 5. The monoisotopic (exact) mass is 297 g/mol. The highest BCUT2D eigenvalue weighted by molar-refractivity contribution is 5.22. The molecule has 0 saturated carbocycles. The third-order valence-corrected chi connectivity index (χ3v) is 3.69. The Labute approximate surface area is 129 Å². The molecule has 0 radical (unpaired) electrons. The molecule has 0 aliphatic carbocycles. The van der Waals surface area contributed by atoms with Crippen molar-refractivity contribution in [3.05, 3.63) is 59.3 Å². The van der Waals surface area contributed by atoms with Crippen molar-refractivity contribution in [2.45, 2.75) is 32.6 Å². The molecule has 2 aromatic heterocycles. The number of aryl methyl sites for hydroxylation is 2. The van der Waals surface area contributed by atoms with Crippen molar-refractivity contribution in [2.75, 3.05) is 0 Å². The summed E-state index contributed by atoms with van der Waals surface area (Å²) in [6.07, 6.45) is 2.93. The molecule has 3 aromatic rings. The Morgan fingerprint density at radius 1 is 1.23 bits per heavy atom. The Morgan fingerprint density at radius 2 is 2.00 bits per heavy atom. The van der Waals surface area contributed by atoms with Crippen molar-refractivity contribution in [1.29, 1.82) is 0 Å². The van der Waals surface area contributed by atoms with Gasteiger partial charge in [0.05, 0.1) is 6.42 Å². The highest BCUT2D eigenvalue weighted by atomic mass is 16.5. The standard InChI is InChI=1S/C16H19N5O/c1-11-4-6-13(7-5-11)8-12(2)16-19-14(20-22-16)9-15-17-10-18-21(15)3/h4-7,10,12H,8-9H2,1-3H3. The van der Waals surface area contributed by atoms with E-state index in [1.165, 1.54) is 17.5 Å². The first-order chi connectivity index (χ1) is 10.6. The summed E-state index contributed by atoms with van der Waals surface area (Å²) in [4.78, 5) is 8.65. The Balaban J connectivity index is 1.67. The van der Waals surface area contributed by atoms with Gasteiger partial charge in [-0.1, -0.05) is 41.9 Å². The van der Waals surface area contributed by atoms with E-state index >= 15 is 0 Å². The lowest BCUT2D eigenvalue weighted by Crippen LogP contribution is -2.03. The molecule has 1 atom stereocenters. The van der Waals surface area contributed by atoms with E-state index < -0.39 is 0 Å². The third-order valence-electron chi connectivity index (χ3n) is 3.69. The lowest BCUT2D eigenvalue weighted by atomic mass is 10.0. The Kier molecular flexibility index (Phi) is 4.00. The molecule has 1 aromatic carbocycles. The van der Waals surface area contributed by atoms with Crippen molar-refractivity contribution >= 4 is 0 Å². The lowest BCUT2D eigenvalue weighted by Gasteiger charge is -2.06. The Bertz CT molecular complexity index is 744. The highest BCUT2D eigenvalue weighted by Gasteiger charge is 2.16. The summed E-state index contributed by atoms with van der Waals surface area (Å²) < 4.78 is 7.11. The van der Waals surface area contributed by atoms with E-state index in [9.17, 15) is 0 Å². The van der Waals surface area contributed by atoms with Gasteiger partial charge in [0.25, 0.3) is 0 Å². The molecule has 0 spiro atoms. The van der Waals surface area contributed by atoms with Gasteiger partial charge in [-0.25, -0.2) is 4.98 Å². The van der Waals surface area contributed by atoms with Gasteiger partial charge >= 0.3 is 0 Å². The van der Waals surface area contributed by atoms with Crippen LogP contribution in [0.3, 0.4) is 0 Å². The topological polar surface area (TPSA) is 69.6 Å². The van der Waals surface area contributed by atoms with E-state index in [1.807, 2.05) is 7.05 Å². The highest BCUT2D eigenvalue weighted by Crippen LogP contribution is 2.19. The zero-order valence-electron chi connectivity index (χ0n) is 13.0. The number of benzene rings is 1. The van der Waals surface area contributed by atoms with Gasteiger partial charge in [0.2, 0.25) is 5.89 Å². The fraction of sp³-hybridized carbons (Fsp3) is 0.375. The summed E-state index contributed by atoms with van der Waals surface area (Å²) in [7, 11) is 1.85. The minimum Gasteiger partial charge on any atom is -0.339 e. The predicted octanol–water partition coefficient (Wildman–Crippen LogP) is 2.44. The second kappa shape index (κ2) is 6.09. The van der Waals surface area contributed by atoms with Crippen molar-refractivity contribution in [1.82, 2.24) is 24.9 Å². The molecule has 3 rings (SSSR count). The van der Waals surface area contributed by atoms with Gasteiger partial charge in [0, 0.05) is 13.0 Å². The predicted molar refractivity (Wildman–Crippen MR) is 81.4 cm³/mol. The van der Waals surface area contributed by atoms with Crippen molar-refractivity contribution in [3.63, 3.8) is 0 Å². The molecule has 22 heavy (non-hydrogen) atoms. The molecule has 0 saturated heterocycles. The van der Waals surface area contributed by atoms with Crippen LogP contribution in [0.25, 0.3) is 0 Å². The van der Waals surface area contributed by atoms with E-state index in [0.29, 0.717) is 18.1 Å². The summed E-state index contributed by atoms with van der Waals surface area (Å²) in [5, 5.41) is 8.08. The molecule has 0 N–H and O–H groups in total. The number of hydrogen-bond donors (Lipinski definition) is 0. The van der Waals surface area contributed by atoms with Crippen LogP contribution in [0.1, 0.15) is 41.5 Å². The molecular formula is C16H19N5O. The molecular weight excluding hydrogens is 278 g/mol. The van der Waals surface area contributed by atoms with E-state index in [2.05, 4.69) is 58.3 Å².